The molecular formula is C12H12N2. The first kappa shape index (κ1) is 10.3. The summed E-state index contributed by atoms with van der Waals surface area (Å²) in [5.74, 6) is 0. The van der Waals surface area contributed by atoms with Crippen LogP contribution in [-0.4, -0.2) is 0 Å². The molecule has 1 unspecified atom stereocenters. The lowest BCUT2D eigenvalue weighted by molar-refractivity contribution is 0.562. The Labute approximate surface area is 84.4 Å². The molecule has 70 valence electrons. The topological polar surface area (TPSA) is 47.6 Å². The number of benzene rings is 1. The zero-order valence-electron chi connectivity index (χ0n) is 8.20. The molecule has 14 heavy (non-hydrogen) atoms. The lowest BCUT2D eigenvalue weighted by Crippen LogP contribution is -2.18. The molecule has 1 atom stereocenters. The fourth-order valence-corrected chi connectivity index (χ4v) is 1.38. The summed E-state index contributed by atoms with van der Waals surface area (Å²) < 4.78 is 0. The third-order valence-corrected chi connectivity index (χ3v) is 2.39. The average molecular weight is 184 g/mol. The van der Waals surface area contributed by atoms with Crippen LogP contribution in [0.15, 0.2) is 30.3 Å². The Bertz CT molecular complexity index is 370. The van der Waals surface area contributed by atoms with Gasteiger partial charge in [-0.3, -0.25) is 0 Å². The van der Waals surface area contributed by atoms with Crippen molar-refractivity contribution < 1.29 is 0 Å². The fourth-order valence-electron chi connectivity index (χ4n) is 1.38. The third kappa shape index (κ3) is 2.12. The highest BCUT2D eigenvalue weighted by Gasteiger charge is 2.25. The summed E-state index contributed by atoms with van der Waals surface area (Å²) >= 11 is 0. The second-order valence-electron chi connectivity index (χ2n) is 3.47. The van der Waals surface area contributed by atoms with Crippen LogP contribution in [0.5, 0.6) is 0 Å². The molecule has 0 saturated carbocycles. The van der Waals surface area contributed by atoms with Gasteiger partial charge in [-0.25, -0.2) is 0 Å². The molecule has 0 fully saturated rings. The normalized spacial score (nSPS) is 13.6. The average Bonchev–Trinajstić information content (AvgIpc) is 2.27. The molecule has 0 N–H and O–H groups in total. The molecule has 0 radical (unpaired) electrons. The third-order valence-electron chi connectivity index (χ3n) is 2.39. The van der Waals surface area contributed by atoms with Crippen molar-refractivity contribution in [3.8, 4) is 12.1 Å². The van der Waals surface area contributed by atoms with Crippen molar-refractivity contribution in [2.75, 3.05) is 0 Å². The Morgan fingerprint density at radius 3 is 2.36 bits per heavy atom. The van der Waals surface area contributed by atoms with Gasteiger partial charge in [0.05, 0.1) is 17.6 Å². The minimum absolute atomic E-state index is 0.416. The molecule has 0 aliphatic carbocycles. The molecule has 1 aromatic rings. The summed E-state index contributed by atoms with van der Waals surface area (Å²) in [5, 5.41) is 17.6. The summed E-state index contributed by atoms with van der Waals surface area (Å²) in [5.41, 5.74) is 0.453. The smallest absolute Gasteiger partial charge is 0.0804 e. The van der Waals surface area contributed by atoms with E-state index in [1.807, 2.05) is 37.3 Å². The second kappa shape index (κ2) is 4.44. The zero-order chi connectivity index (χ0) is 10.4. The first-order chi connectivity index (χ1) is 6.73. The molecule has 0 heterocycles. The summed E-state index contributed by atoms with van der Waals surface area (Å²) in [7, 11) is 0. The molecule has 0 saturated heterocycles. The van der Waals surface area contributed by atoms with E-state index in [2.05, 4.69) is 12.1 Å². The highest BCUT2D eigenvalue weighted by molar-refractivity contribution is 5.31. The summed E-state index contributed by atoms with van der Waals surface area (Å²) in [4.78, 5) is 0. The van der Waals surface area contributed by atoms with E-state index in [-0.39, 0.29) is 0 Å². The van der Waals surface area contributed by atoms with Crippen LogP contribution in [0.25, 0.3) is 0 Å². The van der Waals surface area contributed by atoms with Gasteiger partial charge in [0.1, 0.15) is 0 Å². The predicted octanol–water partition coefficient (Wildman–Crippen LogP) is 2.77. The van der Waals surface area contributed by atoms with Crippen LogP contribution in [0.3, 0.4) is 0 Å². The minimum Gasteiger partial charge on any atom is -0.198 e. The van der Waals surface area contributed by atoms with Crippen LogP contribution >= 0.6 is 0 Å². The van der Waals surface area contributed by atoms with E-state index >= 15 is 0 Å². The maximum atomic E-state index is 9.11. The minimum atomic E-state index is -0.531. The van der Waals surface area contributed by atoms with Crippen molar-refractivity contribution in [2.45, 2.75) is 25.2 Å². The van der Waals surface area contributed by atoms with E-state index in [9.17, 15) is 0 Å². The lowest BCUT2D eigenvalue weighted by Gasteiger charge is -2.20. The predicted molar refractivity (Wildman–Crippen MR) is 54.3 cm³/mol. The van der Waals surface area contributed by atoms with E-state index < -0.39 is 5.41 Å². The number of nitriles is 2. The molecule has 2 nitrogen and oxygen atoms in total. The van der Waals surface area contributed by atoms with Crippen LogP contribution in [0.1, 0.15) is 25.3 Å². The molecule has 0 bridgehead atoms. The molecule has 0 aromatic heterocycles. The first-order valence-corrected chi connectivity index (χ1v) is 4.57. The maximum Gasteiger partial charge on any atom is 0.0804 e. The van der Waals surface area contributed by atoms with Gasteiger partial charge in [0.2, 0.25) is 0 Å². The van der Waals surface area contributed by atoms with Crippen molar-refractivity contribution in [3.63, 3.8) is 0 Å². The Kier molecular flexibility index (Phi) is 3.26. The molecule has 1 aromatic carbocycles. The van der Waals surface area contributed by atoms with Gasteiger partial charge in [0.25, 0.3) is 0 Å². The molecule has 2 heteroatoms. The quantitative estimate of drug-likeness (QED) is 0.725. The Balaban J connectivity index is 2.93. The van der Waals surface area contributed by atoms with E-state index in [1.54, 1.807) is 0 Å². The van der Waals surface area contributed by atoms with E-state index in [0.717, 1.165) is 5.56 Å². The summed E-state index contributed by atoms with van der Waals surface area (Å²) in [6.45, 7) is 1.87. The molecular weight excluding hydrogens is 172 g/mol. The lowest BCUT2D eigenvalue weighted by atomic mass is 9.80. The van der Waals surface area contributed by atoms with E-state index in [0.29, 0.717) is 12.8 Å². The van der Waals surface area contributed by atoms with Gasteiger partial charge in [-0.2, -0.15) is 10.5 Å². The van der Waals surface area contributed by atoms with Gasteiger partial charge in [0, 0.05) is 6.42 Å². The SMILES string of the molecule is CC(C#N)(CCC#N)c1ccccc1. The summed E-state index contributed by atoms with van der Waals surface area (Å²) in [6, 6.07) is 14.0. The van der Waals surface area contributed by atoms with Crippen molar-refractivity contribution in [2.24, 2.45) is 0 Å². The van der Waals surface area contributed by atoms with E-state index in [1.165, 1.54) is 0 Å². The summed E-state index contributed by atoms with van der Waals surface area (Å²) in [6.07, 6.45) is 1.00. The van der Waals surface area contributed by atoms with Crippen molar-refractivity contribution in [3.05, 3.63) is 35.9 Å². The van der Waals surface area contributed by atoms with Crippen molar-refractivity contribution in [1.29, 1.82) is 10.5 Å². The van der Waals surface area contributed by atoms with Crippen LogP contribution in [0, 0.1) is 22.7 Å². The van der Waals surface area contributed by atoms with Gasteiger partial charge in [-0.05, 0) is 18.9 Å². The van der Waals surface area contributed by atoms with Crippen LogP contribution in [0.2, 0.25) is 0 Å². The molecule has 0 spiro atoms. The van der Waals surface area contributed by atoms with Gasteiger partial charge in [-0.1, -0.05) is 30.3 Å². The standard InChI is InChI=1S/C12H12N2/c1-12(10-14,8-5-9-13)11-6-3-2-4-7-11/h2-4,6-7H,5,8H2,1H3. The van der Waals surface area contributed by atoms with Crippen LogP contribution < -0.4 is 0 Å². The highest BCUT2D eigenvalue weighted by Crippen LogP contribution is 2.27. The monoisotopic (exact) mass is 184 g/mol. The van der Waals surface area contributed by atoms with Gasteiger partial charge >= 0.3 is 0 Å². The van der Waals surface area contributed by atoms with Gasteiger partial charge < -0.3 is 0 Å². The Hall–Kier alpha value is -1.80. The van der Waals surface area contributed by atoms with E-state index in [4.69, 9.17) is 10.5 Å². The molecule has 0 aliphatic heterocycles. The molecule has 0 aliphatic rings. The largest absolute Gasteiger partial charge is 0.198 e. The highest BCUT2D eigenvalue weighted by atomic mass is 14.4. The zero-order valence-corrected chi connectivity index (χ0v) is 8.20. The van der Waals surface area contributed by atoms with Crippen LogP contribution in [0.4, 0.5) is 0 Å². The van der Waals surface area contributed by atoms with Crippen LogP contribution in [-0.2, 0) is 5.41 Å². The Morgan fingerprint density at radius 1 is 1.21 bits per heavy atom. The first-order valence-electron chi connectivity index (χ1n) is 4.57. The number of nitrogens with zero attached hydrogens (tertiary/aromatic N) is 2. The fraction of sp³-hybridized carbons (Fsp3) is 0.333. The van der Waals surface area contributed by atoms with Crippen molar-refractivity contribution >= 4 is 0 Å². The number of hydrogen-bond donors (Lipinski definition) is 0. The Morgan fingerprint density at radius 2 is 1.86 bits per heavy atom. The molecule has 0 amide bonds. The number of hydrogen-bond acceptors (Lipinski definition) is 2. The second-order valence-corrected chi connectivity index (χ2v) is 3.47. The van der Waals surface area contributed by atoms with Crippen molar-refractivity contribution in [1.82, 2.24) is 0 Å². The maximum absolute atomic E-state index is 9.11. The van der Waals surface area contributed by atoms with Gasteiger partial charge in [-0.15, -0.1) is 0 Å². The number of rotatable bonds is 3. The molecule has 1 rings (SSSR count). The van der Waals surface area contributed by atoms with Gasteiger partial charge in [0.15, 0.2) is 0 Å².